The molecule has 2 heterocycles. The maximum absolute atomic E-state index is 11.6. The smallest absolute Gasteiger partial charge is 0.327 e. The average molecular weight is 216 g/mol. The number of aromatic nitrogens is 3. The zero-order valence-electron chi connectivity index (χ0n) is 8.92. The molecule has 82 valence electrons. The summed E-state index contributed by atoms with van der Waals surface area (Å²) in [5, 5.41) is 2.80. The van der Waals surface area contributed by atoms with Crippen LogP contribution in [-0.4, -0.2) is 20.6 Å². The number of hydrogen-bond acceptors (Lipinski definition) is 3. The topological polar surface area (TPSA) is 59.8 Å². The molecule has 5 nitrogen and oxygen atoms in total. The molecule has 0 unspecified atom stereocenters. The third kappa shape index (κ3) is 2.25. The number of nitrogens with one attached hydrogen (secondary N) is 1. The number of rotatable bonds is 2. The molecular formula is C11H12N4O. The van der Waals surface area contributed by atoms with Crippen LogP contribution in [0.2, 0.25) is 0 Å². The fourth-order valence-corrected chi connectivity index (χ4v) is 1.34. The van der Waals surface area contributed by atoms with Gasteiger partial charge < -0.3 is 5.32 Å². The van der Waals surface area contributed by atoms with Crippen molar-refractivity contribution in [3.63, 3.8) is 0 Å². The largest absolute Gasteiger partial charge is 0.333 e. The summed E-state index contributed by atoms with van der Waals surface area (Å²) < 4.78 is 1.40. The minimum atomic E-state index is -0.186. The van der Waals surface area contributed by atoms with Crippen molar-refractivity contribution in [1.29, 1.82) is 0 Å². The van der Waals surface area contributed by atoms with Crippen molar-refractivity contribution in [2.24, 2.45) is 0 Å². The predicted molar refractivity (Wildman–Crippen MR) is 58.8 cm³/mol. The Kier molecular flexibility index (Phi) is 2.95. The summed E-state index contributed by atoms with van der Waals surface area (Å²) in [5.41, 5.74) is 2.12. The average Bonchev–Trinajstić information content (AvgIpc) is 2.81. The molecule has 0 aliphatic heterocycles. The van der Waals surface area contributed by atoms with Gasteiger partial charge in [0.25, 0.3) is 0 Å². The Morgan fingerprint density at radius 2 is 2.31 bits per heavy atom. The van der Waals surface area contributed by atoms with Gasteiger partial charge in [-0.2, -0.15) is 0 Å². The standard InChI is InChI=1S/C11H12N4O/c1-9-6-12-3-2-10(9)7-14-11(16)15-5-4-13-8-15/h2-6,8H,7H2,1H3,(H,14,16). The first-order chi connectivity index (χ1) is 7.77. The van der Waals surface area contributed by atoms with Crippen LogP contribution in [0.1, 0.15) is 11.1 Å². The maximum Gasteiger partial charge on any atom is 0.327 e. The number of amides is 1. The van der Waals surface area contributed by atoms with Gasteiger partial charge in [-0.25, -0.2) is 9.78 Å². The van der Waals surface area contributed by atoms with Crippen molar-refractivity contribution in [2.75, 3.05) is 0 Å². The molecule has 2 aromatic rings. The maximum atomic E-state index is 11.6. The van der Waals surface area contributed by atoms with E-state index in [2.05, 4.69) is 15.3 Å². The molecule has 0 aliphatic rings. The molecule has 0 spiro atoms. The minimum absolute atomic E-state index is 0.186. The van der Waals surface area contributed by atoms with Crippen molar-refractivity contribution in [1.82, 2.24) is 19.9 Å². The van der Waals surface area contributed by atoms with Crippen LogP contribution in [-0.2, 0) is 6.54 Å². The first kappa shape index (κ1) is 10.4. The Labute approximate surface area is 93.2 Å². The number of hydrogen-bond donors (Lipinski definition) is 1. The van der Waals surface area contributed by atoms with Gasteiger partial charge >= 0.3 is 6.03 Å². The fourth-order valence-electron chi connectivity index (χ4n) is 1.34. The van der Waals surface area contributed by atoms with Crippen LogP contribution in [0.3, 0.4) is 0 Å². The predicted octanol–water partition coefficient (Wildman–Crippen LogP) is 1.34. The molecule has 2 aromatic heterocycles. The summed E-state index contributed by atoms with van der Waals surface area (Å²) in [7, 11) is 0. The van der Waals surface area contributed by atoms with Gasteiger partial charge in [0.05, 0.1) is 0 Å². The van der Waals surface area contributed by atoms with Crippen LogP contribution in [0.5, 0.6) is 0 Å². The van der Waals surface area contributed by atoms with E-state index < -0.39 is 0 Å². The summed E-state index contributed by atoms with van der Waals surface area (Å²) in [6.07, 6.45) is 8.13. The fraction of sp³-hybridized carbons (Fsp3) is 0.182. The van der Waals surface area contributed by atoms with E-state index in [0.717, 1.165) is 11.1 Å². The summed E-state index contributed by atoms with van der Waals surface area (Å²) in [6, 6.07) is 1.71. The number of nitrogens with zero attached hydrogens (tertiary/aromatic N) is 3. The van der Waals surface area contributed by atoms with Crippen molar-refractivity contribution in [3.8, 4) is 0 Å². The zero-order chi connectivity index (χ0) is 11.4. The second kappa shape index (κ2) is 4.57. The Morgan fingerprint density at radius 3 is 3.00 bits per heavy atom. The van der Waals surface area contributed by atoms with Crippen molar-refractivity contribution < 1.29 is 4.79 Å². The highest BCUT2D eigenvalue weighted by atomic mass is 16.2. The highest BCUT2D eigenvalue weighted by Crippen LogP contribution is 2.04. The minimum Gasteiger partial charge on any atom is -0.333 e. The lowest BCUT2D eigenvalue weighted by atomic mass is 10.1. The van der Waals surface area contributed by atoms with Gasteiger partial charge in [0.15, 0.2) is 0 Å². The number of pyridine rings is 1. The molecule has 0 fully saturated rings. The molecule has 0 saturated heterocycles. The van der Waals surface area contributed by atoms with Gasteiger partial charge in [-0.15, -0.1) is 0 Å². The van der Waals surface area contributed by atoms with Crippen LogP contribution in [0.15, 0.2) is 37.2 Å². The third-order valence-corrected chi connectivity index (χ3v) is 2.31. The summed E-state index contributed by atoms with van der Waals surface area (Å²) in [4.78, 5) is 19.4. The molecule has 0 aliphatic carbocycles. The molecule has 0 atom stereocenters. The van der Waals surface area contributed by atoms with E-state index in [9.17, 15) is 4.79 Å². The van der Waals surface area contributed by atoms with Gasteiger partial charge in [-0.1, -0.05) is 0 Å². The SMILES string of the molecule is Cc1cnccc1CNC(=O)n1ccnc1. The molecule has 16 heavy (non-hydrogen) atoms. The van der Waals surface area contributed by atoms with E-state index in [1.807, 2.05) is 13.0 Å². The highest BCUT2D eigenvalue weighted by molar-refractivity contribution is 5.76. The van der Waals surface area contributed by atoms with Crippen LogP contribution in [0.4, 0.5) is 4.79 Å². The molecule has 5 heteroatoms. The first-order valence-corrected chi connectivity index (χ1v) is 4.93. The monoisotopic (exact) mass is 216 g/mol. The van der Waals surface area contributed by atoms with E-state index in [1.54, 1.807) is 24.8 Å². The van der Waals surface area contributed by atoms with E-state index in [-0.39, 0.29) is 6.03 Å². The first-order valence-electron chi connectivity index (χ1n) is 4.93. The summed E-state index contributed by atoms with van der Waals surface area (Å²) in [5.74, 6) is 0. The van der Waals surface area contributed by atoms with Gasteiger partial charge in [0.1, 0.15) is 6.33 Å². The number of carbonyl (C=O) groups is 1. The normalized spacial score (nSPS) is 10.1. The van der Waals surface area contributed by atoms with Gasteiger partial charge in [0, 0.05) is 31.3 Å². The Morgan fingerprint density at radius 1 is 1.44 bits per heavy atom. The Hall–Kier alpha value is -2.17. The molecule has 0 radical (unpaired) electrons. The molecule has 0 saturated carbocycles. The van der Waals surface area contributed by atoms with E-state index in [4.69, 9.17) is 0 Å². The molecule has 0 bridgehead atoms. The van der Waals surface area contributed by atoms with Crippen molar-refractivity contribution >= 4 is 6.03 Å². The van der Waals surface area contributed by atoms with Crippen LogP contribution in [0.25, 0.3) is 0 Å². The van der Waals surface area contributed by atoms with Crippen LogP contribution >= 0.6 is 0 Å². The number of imidazole rings is 1. The lowest BCUT2D eigenvalue weighted by Gasteiger charge is -2.07. The molecule has 1 N–H and O–H groups in total. The number of aryl methyl sites for hydroxylation is 1. The lowest BCUT2D eigenvalue weighted by Crippen LogP contribution is -2.27. The van der Waals surface area contributed by atoms with Crippen LogP contribution < -0.4 is 5.32 Å². The molecular weight excluding hydrogens is 204 g/mol. The quantitative estimate of drug-likeness (QED) is 0.824. The third-order valence-electron chi connectivity index (χ3n) is 2.31. The van der Waals surface area contributed by atoms with Gasteiger partial charge in [-0.05, 0) is 24.1 Å². The lowest BCUT2D eigenvalue weighted by molar-refractivity contribution is 0.242. The highest BCUT2D eigenvalue weighted by Gasteiger charge is 2.03. The van der Waals surface area contributed by atoms with Crippen molar-refractivity contribution in [2.45, 2.75) is 13.5 Å². The Bertz CT molecular complexity index is 478. The Balaban J connectivity index is 1.98. The molecule has 2 rings (SSSR count). The summed E-state index contributed by atoms with van der Waals surface area (Å²) >= 11 is 0. The van der Waals surface area contributed by atoms with Gasteiger partial charge in [0.2, 0.25) is 0 Å². The summed E-state index contributed by atoms with van der Waals surface area (Å²) in [6.45, 7) is 2.46. The van der Waals surface area contributed by atoms with Gasteiger partial charge in [-0.3, -0.25) is 9.55 Å². The molecule has 0 aromatic carbocycles. The van der Waals surface area contributed by atoms with E-state index in [1.165, 1.54) is 10.9 Å². The number of carbonyl (C=O) groups excluding carboxylic acids is 1. The zero-order valence-corrected chi connectivity index (χ0v) is 8.92. The van der Waals surface area contributed by atoms with E-state index >= 15 is 0 Å². The molecule has 1 amide bonds. The van der Waals surface area contributed by atoms with Crippen molar-refractivity contribution in [3.05, 3.63) is 48.3 Å². The second-order valence-corrected chi connectivity index (χ2v) is 3.43. The van der Waals surface area contributed by atoms with E-state index in [0.29, 0.717) is 6.54 Å². The second-order valence-electron chi connectivity index (χ2n) is 3.43. The van der Waals surface area contributed by atoms with Crippen LogP contribution in [0, 0.1) is 6.92 Å².